The van der Waals surface area contributed by atoms with Gasteiger partial charge >= 0.3 is 6.36 Å². The van der Waals surface area contributed by atoms with Crippen LogP contribution >= 0.6 is 0 Å². The molecule has 0 spiro atoms. The van der Waals surface area contributed by atoms with Gasteiger partial charge < -0.3 is 9.64 Å². The van der Waals surface area contributed by atoms with Crippen molar-refractivity contribution in [2.24, 2.45) is 0 Å². The van der Waals surface area contributed by atoms with Gasteiger partial charge in [0.15, 0.2) is 0 Å². The normalized spacial score (nSPS) is 14.5. The number of amides is 1. The number of carbonyl (C=O) groups is 1. The quantitative estimate of drug-likeness (QED) is 0.805. The number of benzene rings is 1. The zero-order valence-electron chi connectivity index (χ0n) is 12.3. The van der Waals surface area contributed by atoms with Crippen LogP contribution in [0, 0.1) is 5.82 Å². The molecule has 0 saturated heterocycles. The topological polar surface area (TPSA) is 42.4 Å². The number of hydrogen-bond donors (Lipinski definition) is 0. The predicted molar refractivity (Wildman–Crippen MR) is 75.8 cm³/mol. The van der Waals surface area contributed by atoms with Gasteiger partial charge in [-0.15, -0.1) is 13.2 Å². The van der Waals surface area contributed by atoms with Crippen molar-refractivity contribution in [3.8, 4) is 5.75 Å². The van der Waals surface area contributed by atoms with E-state index in [0.717, 1.165) is 18.2 Å². The Morgan fingerprint density at radius 1 is 1.25 bits per heavy atom. The van der Waals surface area contributed by atoms with Crippen LogP contribution < -0.4 is 4.74 Å². The van der Waals surface area contributed by atoms with Gasteiger partial charge in [0.1, 0.15) is 11.6 Å². The highest BCUT2D eigenvalue weighted by Crippen LogP contribution is 2.29. The molecular weight excluding hydrogens is 328 g/mol. The van der Waals surface area contributed by atoms with Gasteiger partial charge in [0, 0.05) is 31.3 Å². The van der Waals surface area contributed by atoms with Crippen LogP contribution in [0.2, 0.25) is 0 Å². The van der Waals surface area contributed by atoms with E-state index in [9.17, 15) is 22.4 Å². The molecule has 8 heteroatoms. The number of rotatable bonds is 3. The zero-order valence-corrected chi connectivity index (χ0v) is 12.3. The fourth-order valence-electron chi connectivity index (χ4n) is 2.60. The highest BCUT2D eigenvalue weighted by atomic mass is 19.4. The molecule has 0 fully saturated rings. The molecule has 1 aliphatic heterocycles. The first-order chi connectivity index (χ1) is 11.3. The summed E-state index contributed by atoms with van der Waals surface area (Å²) < 4.78 is 54.7. The Balaban J connectivity index is 1.86. The summed E-state index contributed by atoms with van der Waals surface area (Å²) in [5.74, 6) is -1.58. The Morgan fingerprint density at radius 3 is 2.79 bits per heavy atom. The van der Waals surface area contributed by atoms with Gasteiger partial charge in [0.2, 0.25) is 0 Å². The third-order valence-electron chi connectivity index (χ3n) is 3.64. The van der Waals surface area contributed by atoms with Gasteiger partial charge in [0.25, 0.3) is 5.91 Å². The lowest BCUT2D eigenvalue weighted by atomic mass is 10.0. The molecule has 0 bridgehead atoms. The molecule has 0 aliphatic carbocycles. The molecule has 24 heavy (non-hydrogen) atoms. The number of carbonyl (C=O) groups excluding carboxylic acids is 1. The molecule has 0 N–H and O–H groups in total. The van der Waals surface area contributed by atoms with Crippen molar-refractivity contribution in [1.82, 2.24) is 9.88 Å². The van der Waals surface area contributed by atoms with Crippen molar-refractivity contribution >= 4 is 5.91 Å². The zero-order chi connectivity index (χ0) is 17.3. The van der Waals surface area contributed by atoms with Gasteiger partial charge in [-0.3, -0.25) is 9.78 Å². The van der Waals surface area contributed by atoms with Crippen molar-refractivity contribution in [2.75, 3.05) is 6.54 Å². The van der Waals surface area contributed by atoms with Gasteiger partial charge in [-0.25, -0.2) is 4.39 Å². The number of alkyl halides is 3. The molecule has 1 amide bonds. The van der Waals surface area contributed by atoms with Gasteiger partial charge in [-0.2, -0.15) is 0 Å². The minimum atomic E-state index is -4.89. The van der Waals surface area contributed by atoms with Gasteiger partial charge in [-0.1, -0.05) is 0 Å². The van der Waals surface area contributed by atoms with Crippen LogP contribution in [-0.2, 0) is 13.0 Å². The van der Waals surface area contributed by atoms with Gasteiger partial charge in [0.05, 0.1) is 11.3 Å². The molecule has 2 heterocycles. The smallest absolute Gasteiger partial charge is 0.405 e. The Labute approximate surface area is 134 Å². The molecule has 0 saturated carbocycles. The Bertz CT molecular complexity index is 777. The maximum atomic E-state index is 13.4. The SMILES string of the molecule is O=C1c2cccnc2CCN1Cc1cc(F)ccc1OC(F)(F)F. The molecule has 1 aliphatic rings. The van der Waals surface area contributed by atoms with Crippen molar-refractivity contribution in [2.45, 2.75) is 19.3 Å². The monoisotopic (exact) mass is 340 g/mol. The van der Waals surface area contributed by atoms with Crippen molar-refractivity contribution < 1.29 is 27.1 Å². The van der Waals surface area contributed by atoms with Crippen LogP contribution in [0.3, 0.4) is 0 Å². The molecule has 4 nitrogen and oxygen atoms in total. The van der Waals surface area contributed by atoms with Crippen LogP contribution in [0.1, 0.15) is 21.6 Å². The van der Waals surface area contributed by atoms with Crippen molar-refractivity contribution in [3.63, 3.8) is 0 Å². The third-order valence-corrected chi connectivity index (χ3v) is 3.64. The molecule has 0 radical (unpaired) electrons. The number of fused-ring (bicyclic) bond motifs is 1. The van der Waals surface area contributed by atoms with Crippen LogP contribution in [0.15, 0.2) is 36.5 Å². The first kappa shape index (κ1) is 16.2. The summed E-state index contributed by atoms with van der Waals surface area (Å²) in [5.41, 5.74) is 0.996. The maximum absolute atomic E-state index is 13.4. The summed E-state index contributed by atoms with van der Waals surface area (Å²) in [7, 11) is 0. The maximum Gasteiger partial charge on any atom is 0.573 e. The number of hydrogen-bond acceptors (Lipinski definition) is 3. The molecule has 0 unspecified atom stereocenters. The van der Waals surface area contributed by atoms with Crippen molar-refractivity contribution in [3.05, 3.63) is 59.2 Å². The Kier molecular flexibility index (Phi) is 4.13. The van der Waals surface area contributed by atoms with Crippen LogP contribution in [0.4, 0.5) is 17.6 Å². The molecule has 1 aromatic heterocycles. The Hall–Kier alpha value is -2.64. The molecule has 0 atom stereocenters. The number of aromatic nitrogens is 1. The summed E-state index contributed by atoms with van der Waals surface area (Å²) in [6.45, 7) is 0.0984. The number of ether oxygens (including phenoxy) is 1. The fraction of sp³-hybridized carbons (Fsp3) is 0.250. The van der Waals surface area contributed by atoms with E-state index >= 15 is 0 Å². The molecule has 2 aromatic rings. The van der Waals surface area contributed by atoms with E-state index in [1.807, 2.05) is 0 Å². The summed E-state index contributed by atoms with van der Waals surface area (Å²) >= 11 is 0. The number of halogens is 4. The van der Waals surface area contributed by atoms with E-state index in [4.69, 9.17) is 0 Å². The van der Waals surface area contributed by atoms with E-state index in [1.54, 1.807) is 18.3 Å². The predicted octanol–water partition coefficient (Wildman–Crippen LogP) is 3.32. The van der Waals surface area contributed by atoms with E-state index in [2.05, 4.69) is 9.72 Å². The molecule has 3 rings (SSSR count). The van der Waals surface area contributed by atoms with Crippen LogP contribution in [0.5, 0.6) is 5.75 Å². The van der Waals surface area contributed by atoms with E-state index in [1.165, 1.54) is 4.90 Å². The summed E-state index contributed by atoms with van der Waals surface area (Å²) in [6, 6.07) is 5.94. The second-order valence-electron chi connectivity index (χ2n) is 5.27. The van der Waals surface area contributed by atoms with Crippen LogP contribution in [0.25, 0.3) is 0 Å². The Morgan fingerprint density at radius 2 is 2.04 bits per heavy atom. The molecule has 1 aromatic carbocycles. The number of pyridine rings is 1. The fourth-order valence-corrected chi connectivity index (χ4v) is 2.60. The lowest BCUT2D eigenvalue weighted by Gasteiger charge is -2.28. The van der Waals surface area contributed by atoms with Crippen molar-refractivity contribution in [1.29, 1.82) is 0 Å². The highest BCUT2D eigenvalue weighted by Gasteiger charge is 2.33. The largest absolute Gasteiger partial charge is 0.573 e. The van der Waals surface area contributed by atoms with Gasteiger partial charge in [-0.05, 0) is 30.3 Å². The van der Waals surface area contributed by atoms with E-state index < -0.39 is 17.9 Å². The summed E-state index contributed by atoms with van der Waals surface area (Å²) in [6.07, 6.45) is -2.84. The first-order valence-corrected chi connectivity index (χ1v) is 7.11. The summed E-state index contributed by atoms with van der Waals surface area (Å²) in [5, 5.41) is 0. The molecular formula is C16H12F4N2O2. The molecule has 126 valence electrons. The van der Waals surface area contributed by atoms with Crippen LogP contribution in [-0.4, -0.2) is 28.7 Å². The van der Waals surface area contributed by atoms with E-state index in [0.29, 0.717) is 17.7 Å². The standard InChI is InChI=1S/C16H12F4N2O2/c17-11-3-4-14(24-16(18,19)20)10(8-11)9-22-7-5-13-12(15(22)23)2-1-6-21-13/h1-4,6,8H,5,7,9H2. The highest BCUT2D eigenvalue weighted by molar-refractivity contribution is 5.96. The average Bonchev–Trinajstić information content (AvgIpc) is 2.52. The lowest BCUT2D eigenvalue weighted by Crippen LogP contribution is -2.37. The first-order valence-electron chi connectivity index (χ1n) is 7.11. The minimum absolute atomic E-state index is 0.0481. The second-order valence-corrected chi connectivity index (χ2v) is 5.27. The minimum Gasteiger partial charge on any atom is -0.405 e. The number of nitrogens with zero attached hydrogens (tertiary/aromatic N) is 2. The third kappa shape index (κ3) is 3.47. The lowest BCUT2D eigenvalue weighted by molar-refractivity contribution is -0.275. The second kappa shape index (κ2) is 6.10. The average molecular weight is 340 g/mol. The van der Waals surface area contributed by atoms with E-state index in [-0.39, 0.29) is 24.6 Å². The summed E-state index contributed by atoms with van der Waals surface area (Å²) in [4.78, 5) is 17.9.